The van der Waals surface area contributed by atoms with Crippen LogP contribution in [0.4, 0.5) is 11.4 Å². The Labute approximate surface area is 261 Å². The van der Waals surface area contributed by atoms with Crippen LogP contribution >= 0.6 is 0 Å². The molecule has 0 bridgehead atoms. The van der Waals surface area contributed by atoms with Gasteiger partial charge in [0.25, 0.3) is 15.9 Å². The molecule has 1 amide bonds. The van der Waals surface area contributed by atoms with Crippen molar-refractivity contribution >= 4 is 27.3 Å². The molecule has 1 fully saturated rings. The second-order valence-corrected chi connectivity index (χ2v) is 12.9. The number of unbranched alkanes of at least 4 members (excludes halogenated alkanes) is 1. The van der Waals surface area contributed by atoms with Crippen LogP contribution in [0.3, 0.4) is 0 Å². The SMILES string of the molecule is CCCCc1ccc(NS(=O)(=O)c2ccc(C)c(C(=O)N3CCN(c4ccccc4OCCc4ccccc4)CC3)c2)cc1. The van der Waals surface area contributed by atoms with Gasteiger partial charge in [0.15, 0.2) is 0 Å². The molecule has 1 aliphatic rings. The summed E-state index contributed by atoms with van der Waals surface area (Å²) >= 11 is 0. The lowest BCUT2D eigenvalue weighted by Gasteiger charge is -2.37. The van der Waals surface area contributed by atoms with Crippen LogP contribution in [0.5, 0.6) is 5.75 Å². The number of benzene rings is 4. The van der Waals surface area contributed by atoms with Crippen molar-refractivity contribution in [3.8, 4) is 5.75 Å². The molecule has 7 nitrogen and oxygen atoms in total. The van der Waals surface area contributed by atoms with Crippen molar-refractivity contribution in [1.29, 1.82) is 0 Å². The number of rotatable bonds is 12. The number of carbonyl (C=O) groups is 1. The van der Waals surface area contributed by atoms with Crippen LogP contribution in [-0.4, -0.2) is 52.0 Å². The number of amides is 1. The van der Waals surface area contributed by atoms with E-state index in [1.54, 1.807) is 29.2 Å². The molecule has 230 valence electrons. The van der Waals surface area contributed by atoms with Crippen molar-refractivity contribution in [2.24, 2.45) is 0 Å². The first kappa shape index (κ1) is 31.1. The summed E-state index contributed by atoms with van der Waals surface area (Å²) < 4.78 is 35.3. The van der Waals surface area contributed by atoms with E-state index in [9.17, 15) is 13.2 Å². The smallest absolute Gasteiger partial charge is 0.261 e. The van der Waals surface area contributed by atoms with Gasteiger partial charge in [-0.15, -0.1) is 0 Å². The van der Waals surface area contributed by atoms with E-state index in [0.717, 1.165) is 42.7 Å². The van der Waals surface area contributed by atoms with Gasteiger partial charge in [-0.2, -0.15) is 0 Å². The van der Waals surface area contributed by atoms with Crippen LogP contribution < -0.4 is 14.4 Å². The lowest BCUT2D eigenvalue weighted by atomic mass is 10.1. The Hall–Kier alpha value is -4.30. The van der Waals surface area contributed by atoms with E-state index in [1.165, 1.54) is 17.2 Å². The van der Waals surface area contributed by atoms with Crippen LogP contribution in [0, 0.1) is 6.92 Å². The molecular formula is C36H41N3O4S. The van der Waals surface area contributed by atoms with Crippen molar-refractivity contribution in [2.45, 2.75) is 44.4 Å². The zero-order chi connectivity index (χ0) is 30.9. The number of ether oxygens (including phenoxy) is 1. The minimum absolute atomic E-state index is 0.0710. The molecule has 4 aromatic rings. The molecule has 1 aliphatic heterocycles. The Morgan fingerprint density at radius 2 is 1.50 bits per heavy atom. The highest BCUT2D eigenvalue weighted by Crippen LogP contribution is 2.30. The topological polar surface area (TPSA) is 79.0 Å². The molecular weight excluding hydrogens is 570 g/mol. The summed E-state index contributed by atoms with van der Waals surface area (Å²) in [6.45, 7) is 6.91. The number of carbonyl (C=O) groups excluding carboxylic acids is 1. The van der Waals surface area contributed by atoms with Crippen molar-refractivity contribution in [3.05, 3.63) is 119 Å². The maximum Gasteiger partial charge on any atom is 0.261 e. The highest BCUT2D eigenvalue weighted by atomic mass is 32.2. The molecule has 0 aromatic heterocycles. The average Bonchev–Trinajstić information content (AvgIpc) is 3.05. The lowest BCUT2D eigenvalue weighted by molar-refractivity contribution is 0.0745. The summed E-state index contributed by atoms with van der Waals surface area (Å²) in [6.07, 6.45) is 4.00. The number of hydrogen-bond donors (Lipinski definition) is 1. The zero-order valence-corrected chi connectivity index (χ0v) is 26.4. The van der Waals surface area contributed by atoms with E-state index in [2.05, 4.69) is 34.7 Å². The molecule has 8 heteroatoms. The molecule has 5 rings (SSSR count). The first-order valence-corrected chi connectivity index (χ1v) is 16.8. The number of aryl methyl sites for hydroxylation is 2. The van der Waals surface area contributed by atoms with E-state index >= 15 is 0 Å². The van der Waals surface area contributed by atoms with Gasteiger partial charge < -0.3 is 14.5 Å². The monoisotopic (exact) mass is 611 g/mol. The van der Waals surface area contributed by atoms with Crippen LogP contribution in [0.15, 0.2) is 102 Å². The molecule has 4 aromatic carbocycles. The van der Waals surface area contributed by atoms with Gasteiger partial charge in [-0.3, -0.25) is 9.52 Å². The fourth-order valence-corrected chi connectivity index (χ4v) is 6.50. The van der Waals surface area contributed by atoms with Crippen molar-refractivity contribution in [1.82, 2.24) is 4.90 Å². The quantitative estimate of drug-likeness (QED) is 0.192. The Morgan fingerprint density at radius 3 is 2.23 bits per heavy atom. The Kier molecular flexibility index (Phi) is 10.2. The minimum Gasteiger partial charge on any atom is -0.491 e. The molecule has 1 N–H and O–H groups in total. The molecule has 0 saturated carbocycles. The van der Waals surface area contributed by atoms with Gasteiger partial charge in [-0.05, 0) is 72.9 Å². The predicted octanol–water partition coefficient (Wildman–Crippen LogP) is 6.72. The number of nitrogens with one attached hydrogen (secondary N) is 1. The van der Waals surface area contributed by atoms with E-state index in [0.29, 0.717) is 44.0 Å². The summed E-state index contributed by atoms with van der Waals surface area (Å²) in [7, 11) is -3.86. The maximum absolute atomic E-state index is 13.6. The minimum atomic E-state index is -3.86. The summed E-state index contributed by atoms with van der Waals surface area (Å²) in [6, 6.07) is 30.5. The van der Waals surface area contributed by atoms with Gasteiger partial charge in [-0.1, -0.05) is 74.0 Å². The van der Waals surface area contributed by atoms with Gasteiger partial charge in [0.1, 0.15) is 5.75 Å². The number of sulfonamides is 1. The fourth-order valence-electron chi connectivity index (χ4n) is 5.42. The predicted molar refractivity (Wildman–Crippen MR) is 177 cm³/mol. The van der Waals surface area contributed by atoms with Gasteiger partial charge in [0.05, 0.1) is 17.2 Å². The Balaban J connectivity index is 1.21. The molecule has 0 spiro atoms. The molecule has 0 radical (unpaired) electrons. The third-order valence-electron chi connectivity index (χ3n) is 8.04. The number of anilines is 2. The molecule has 1 saturated heterocycles. The van der Waals surface area contributed by atoms with Crippen LogP contribution in [0.2, 0.25) is 0 Å². The first-order valence-electron chi connectivity index (χ1n) is 15.4. The Bertz CT molecular complexity index is 1650. The van der Waals surface area contributed by atoms with Crippen LogP contribution in [-0.2, 0) is 22.9 Å². The average molecular weight is 612 g/mol. The van der Waals surface area contributed by atoms with E-state index in [1.807, 2.05) is 55.5 Å². The number of hydrogen-bond acceptors (Lipinski definition) is 5. The number of piperazine rings is 1. The third kappa shape index (κ3) is 7.80. The van der Waals surface area contributed by atoms with Crippen molar-refractivity contribution in [2.75, 3.05) is 42.4 Å². The van der Waals surface area contributed by atoms with Gasteiger partial charge in [0, 0.05) is 43.9 Å². The molecule has 0 atom stereocenters. The first-order chi connectivity index (χ1) is 21.3. The highest BCUT2D eigenvalue weighted by Gasteiger charge is 2.26. The van der Waals surface area contributed by atoms with Crippen LogP contribution in [0.25, 0.3) is 0 Å². The second kappa shape index (κ2) is 14.4. The maximum atomic E-state index is 13.6. The standard InChI is InChI=1S/C36H41N3O4S/c1-3-4-10-30-16-18-31(19-17-30)37-44(41,42)32-20-15-28(2)33(27-32)36(40)39-24-22-38(23-25-39)34-13-8-9-14-35(34)43-26-21-29-11-6-5-7-12-29/h5-9,11-20,27,37H,3-4,10,21-26H2,1-2H3. The molecule has 0 unspecified atom stereocenters. The largest absolute Gasteiger partial charge is 0.491 e. The van der Waals surface area contributed by atoms with E-state index in [-0.39, 0.29) is 10.8 Å². The zero-order valence-electron chi connectivity index (χ0n) is 25.5. The number of nitrogens with zero attached hydrogens (tertiary/aromatic N) is 2. The lowest BCUT2D eigenvalue weighted by Crippen LogP contribution is -2.49. The van der Waals surface area contributed by atoms with Crippen molar-refractivity contribution < 1.29 is 17.9 Å². The van der Waals surface area contributed by atoms with Gasteiger partial charge in [-0.25, -0.2) is 8.42 Å². The molecule has 44 heavy (non-hydrogen) atoms. The summed E-state index contributed by atoms with van der Waals surface area (Å²) in [5.41, 5.74) is 5.07. The van der Waals surface area contributed by atoms with E-state index < -0.39 is 10.0 Å². The fraction of sp³-hybridized carbons (Fsp3) is 0.306. The molecule has 1 heterocycles. The van der Waals surface area contributed by atoms with Gasteiger partial charge in [0.2, 0.25) is 0 Å². The highest BCUT2D eigenvalue weighted by molar-refractivity contribution is 7.92. The summed E-state index contributed by atoms with van der Waals surface area (Å²) in [5, 5.41) is 0. The third-order valence-corrected chi connectivity index (χ3v) is 9.42. The van der Waals surface area contributed by atoms with E-state index in [4.69, 9.17) is 4.74 Å². The Morgan fingerprint density at radius 1 is 0.818 bits per heavy atom. The number of para-hydroxylation sites is 2. The van der Waals surface area contributed by atoms with Gasteiger partial charge >= 0.3 is 0 Å². The molecule has 0 aliphatic carbocycles. The van der Waals surface area contributed by atoms with Crippen molar-refractivity contribution in [3.63, 3.8) is 0 Å². The summed E-state index contributed by atoms with van der Waals surface area (Å²) in [5.74, 6) is 0.673. The van der Waals surface area contributed by atoms with Crippen LogP contribution in [0.1, 0.15) is 46.8 Å². The summed E-state index contributed by atoms with van der Waals surface area (Å²) in [4.78, 5) is 17.8. The second-order valence-electron chi connectivity index (χ2n) is 11.2. The normalized spacial score (nSPS) is 13.5.